The number of carbonyl (C=O) groups excluding carboxylic acids is 1. The molecule has 0 saturated heterocycles. The summed E-state index contributed by atoms with van der Waals surface area (Å²) in [6.07, 6.45) is 13.9. The monoisotopic (exact) mass is 538 g/mol. The molecule has 0 unspecified atom stereocenters. The average molecular weight is 539 g/mol. The van der Waals surface area contributed by atoms with E-state index >= 15 is 0 Å². The minimum Gasteiger partial charge on any atom is -0.426 e. The maximum atomic E-state index is 12.5. The van der Waals surface area contributed by atoms with E-state index in [-0.39, 0.29) is 10.9 Å². The predicted octanol–water partition coefficient (Wildman–Crippen LogP) is 9.11. The fraction of sp³-hybridized carbons (Fsp3) is 0.433. The highest BCUT2D eigenvalue weighted by atomic mass is 32.2. The van der Waals surface area contributed by atoms with Crippen LogP contribution in [0.25, 0.3) is 10.8 Å². The second kappa shape index (κ2) is 15.3. The van der Waals surface area contributed by atoms with Crippen molar-refractivity contribution in [1.29, 1.82) is 0 Å². The molecule has 0 aromatic heterocycles. The van der Waals surface area contributed by atoms with Crippen molar-refractivity contribution in [3.05, 3.63) is 60.7 Å². The van der Waals surface area contributed by atoms with Crippen molar-refractivity contribution in [2.75, 3.05) is 0 Å². The zero-order chi connectivity index (χ0) is 27.2. The number of ether oxygens (including phenoxy) is 1. The fourth-order valence-electron chi connectivity index (χ4n) is 4.34. The van der Waals surface area contributed by atoms with Gasteiger partial charge in [-0.1, -0.05) is 95.4 Å². The van der Waals surface area contributed by atoms with E-state index < -0.39 is 10.1 Å². The molecule has 0 aliphatic heterocycles. The number of carbonyl (C=O) groups is 1. The Kier molecular flexibility index (Phi) is 11.9. The van der Waals surface area contributed by atoms with Gasteiger partial charge in [0.1, 0.15) is 5.75 Å². The topological polar surface area (TPSA) is 105 Å². The molecule has 1 N–H and O–H groups in total. The molecule has 0 radical (unpaired) electrons. The molecule has 38 heavy (non-hydrogen) atoms. The Bertz CT molecular complexity index is 1300. The molecular formula is C30H38N2O5S. The molecule has 0 amide bonds. The van der Waals surface area contributed by atoms with Crippen LogP contribution < -0.4 is 4.74 Å². The smallest absolute Gasteiger partial charge is 0.311 e. The maximum Gasteiger partial charge on any atom is 0.311 e. The Morgan fingerprint density at radius 2 is 1.32 bits per heavy atom. The molecule has 0 bridgehead atoms. The molecule has 204 valence electrons. The number of fused-ring (bicyclic) bond motifs is 1. The van der Waals surface area contributed by atoms with Crippen molar-refractivity contribution < 1.29 is 22.5 Å². The van der Waals surface area contributed by atoms with Gasteiger partial charge in [0, 0.05) is 17.2 Å². The van der Waals surface area contributed by atoms with E-state index in [1.165, 1.54) is 75.6 Å². The summed E-state index contributed by atoms with van der Waals surface area (Å²) in [6.45, 7) is 2.24. The van der Waals surface area contributed by atoms with Gasteiger partial charge in [0.05, 0.1) is 16.3 Å². The Morgan fingerprint density at radius 1 is 0.737 bits per heavy atom. The summed E-state index contributed by atoms with van der Waals surface area (Å²) in [4.78, 5) is 12.3. The summed E-state index contributed by atoms with van der Waals surface area (Å²) in [5.74, 6) is 0.254. The van der Waals surface area contributed by atoms with Crippen molar-refractivity contribution in [2.24, 2.45) is 10.2 Å². The lowest BCUT2D eigenvalue weighted by molar-refractivity contribution is -0.134. The Labute approximate surface area is 226 Å². The van der Waals surface area contributed by atoms with Crippen LogP contribution in [0.4, 0.5) is 11.4 Å². The first-order valence-electron chi connectivity index (χ1n) is 13.6. The summed E-state index contributed by atoms with van der Waals surface area (Å²) < 4.78 is 37.2. The third kappa shape index (κ3) is 9.65. The van der Waals surface area contributed by atoms with Gasteiger partial charge in [-0.05, 0) is 42.8 Å². The third-order valence-electron chi connectivity index (χ3n) is 6.48. The van der Waals surface area contributed by atoms with Gasteiger partial charge in [-0.3, -0.25) is 9.35 Å². The highest BCUT2D eigenvalue weighted by Gasteiger charge is 2.11. The first-order chi connectivity index (χ1) is 18.4. The second-order valence-corrected chi connectivity index (χ2v) is 11.0. The zero-order valence-electron chi connectivity index (χ0n) is 22.1. The summed E-state index contributed by atoms with van der Waals surface area (Å²) in [6, 6.07) is 16.4. The van der Waals surface area contributed by atoms with Crippen molar-refractivity contribution in [2.45, 2.75) is 88.9 Å². The van der Waals surface area contributed by atoms with Crippen LogP contribution in [0.3, 0.4) is 0 Å². The summed E-state index contributed by atoms with van der Waals surface area (Å²) >= 11 is 0. The van der Waals surface area contributed by atoms with Crippen molar-refractivity contribution in [1.82, 2.24) is 0 Å². The molecule has 0 heterocycles. The number of hydrogen-bond donors (Lipinski definition) is 1. The van der Waals surface area contributed by atoms with E-state index in [9.17, 15) is 13.2 Å². The number of unbranched alkanes of at least 4 members (excludes halogenated alkanes) is 10. The summed E-state index contributed by atoms with van der Waals surface area (Å²) in [5, 5.41) is 10.0. The van der Waals surface area contributed by atoms with Gasteiger partial charge in [-0.15, -0.1) is 5.11 Å². The van der Waals surface area contributed by atoms with E-state index in [0.29, 0.717) is 23.5 Å². The lowest BCUT2D eigenvalue weighted by atomic mass is 10.1. The SMILES string of the molecule is CCCCCCCCCCCCCC(=O)Oc1ccc(N=Nc2ccc(S(=O)(=O)O)cc2)c2ccccc12. The lowest BCUT2D eigenvalue weighted by Crippen LogP contribution is -2.07. The third-order valence-corrected chi connectivity index (χ3v) is 7.34. The van der Waals surface area contributed by atoms with Crippen LogP contribution in [0.2, 0.25) is 0 Å². The first-order valence-corrected chi connectivity index (χ1v) is 15.0. The number of azo groups is 1. The second-order valence-electron chi connectivity index (χ2n) is 9.56. The standard InChI is InChI=1S/C30H38N2O5S/c1-2-3-4-5-6-7-8-9-10-11-12-17-30(33)37-29-23-22-28(26-15-13-14-16-27(26)29)32-31-24-18-20-25(21-19-24)38(34,35)36/h13-16,18-23H,2-12,17H2,1H3,(H,34,35,36). The van der Waals surface area contributed by atoms with Crippen LogP contribution in [0.1, 0.15) is 84.0 Å². The molecular weight excluding hydrogens is 500 g/mol. The number of hydrogen-bond acceptors (Lipinski definition) is 6. The average Bonchev–Trinajstić information content (AvgIpc) is 2.91. The Morgan fingerprint density at radius 3 is 1.92 bits per heavy atom. The van der Waals surface area contributed by atoms with Crippen LogP contribution in [-0.2, 0) is 14.9 Å². The van der Waals surface area contributed by atoms with Crippen LogP contribution in [0.5, 0.6) is 5.75 Å². The highest BCUT2D eigenvalue weighted by molar-refractivity contribution is 7.85. The molecule has 0 fully saturated rings. The van der Waals surface area contributed by atoms with E-state index in [4.69, 9.17) is 9.29 Å². The zero-order valence-corrected chi connectivity index (χ0v) is 23.0. The van der Waals surface area contributed by atoms with Gasteiger partial charge < -0.3 is 4.74 Å². The highest BCUT2D eigenvalue weighted by Crippen LogP contribution is 2.34. The molecule has 3 aromatic rings. The van der Waals surface area contributed by atoms with Gasteiger partial charge >= 0.3 is 5.97 Å². The minimum absolute atomic E-state index is 0.207. The first kappa shape index (κ1) is 29.5. The lowest BCUT2D eigenvalue weighted by Gasteiger charge is -2.09. The number of esters is 1. The quantitative estimate of drug-likeness (QED) is 0.0643. The number of nitrogens with zero attached hydrogens (tertiary/aromatic N) is 2. The molecule has 7 nitrogen and oxygen atoms in total. The predicted molar refractivity (Wildman–Crippen MR) is 151 cm³/mol. The van der Waals surface area contributed by atoms with E-state index in [1.54, 1.807) is 12.1 Å². The largest absolute Gasteiger partial charge is 0.426 e. The van der Waals surface area contributed by atoms with Gasteiger partial charge in [0.25, 0.3) is 10.1 Å². The molecule has 0 saturated carbocycles. The van der Waals surface area contributed by atoms with Crippen molar-refractivity contribution in [3.8, 4) is 5.75 Å². The fourth-order valence-corrected chi connectivity index (χ4v) is 4.82. The maximum absolute atomic E-state index is 12.5. The molecule has 3 rings (SSSR count). The van der Waals surface area contributed by atoms with Gasteiger partial charge in [-0.25, -0.2) is 0 Å². The number of rotatable bonds is 16. The Balaban J connectivity index is 1.49. The number of benzene rings is 3. The van der Waals surface area contributed by atoms with Crippen molar-refractivity contribution in [3.63, 3.8) is 0 Å². The normalized spacial score (nSPS) is 11.8. The molecule has 0 aliphatic rings. The van der Waals surface area contributed by atoms with Gasteiger partial charge in [0.2, 0.25) is 0 Å². The van der Waals surface area contributed by atoms with Crippen LogP contribution >= 0.6 is 0 Å². The molecule has 0 spiro atoms. The van der Waals surface area contributed by atoms with Crippen LogP contribution in [0.15, 0.2) is 75.8 Å². The molecule has 0 aliphatic carbocycles. The van der Waals surface area contributed by atoms with Crippen LogP contribution in [0, 0.1) is 0 Å². The Hall–Kier alpha value is -3.10. The molecule has 0 atom stereocenters. The van der Waals surface area contributed by atoms with Crippen molar-refractivity contribution >= 4 is 38.2 Å². The minimum atomic E-state index is -4.26. The summed E-state index contributed by atoms with van der Waals surface area (Å²) in [5.41, 5.74) is 1.02. The van der Waals surface area contributed by atoms with E-state index in [2.05, 4.69) is 17.2 Å². The van der Waals surface area contributed by atoms with Crippen LogP contribution in [-0.4, -0.2) is 18.9 Å². The van der Waals surface area contributed by atoms with E-state index in [0.717, 1.165) is 30.0 Å². The van der Waals surface area contributed by atoms with Gasteiger partial charge in [-0.2, -0.15) is 13.5 Å². The summed E-state index contributed by atoms with van der Waals surface area (Å²) in [7, 11) is -4.26. The molecule has 3 aromatic carbocycles. The van der Waals surface area contributed by atoms with Gasteiger partial charge in [0.15, 0.2) is 0 Å². The molecule has 8 heteroatoms. The van der Waals surface area contributed by atoms with E-state index in [1.807, 2.05) is 24.3 Å².